The summed E-state index contributed by atoms with van der Waals surface area (Å²) >= 11 is 0. The Balaban J connectivity index is 1.83. The van der Waals surface area contributed by atoms with E-state index in [0.717, 1.165) is 16.7 Å². The summed E-state index contributed by atoms with van der Waals surface area (Å²) in [5, 5.41) is 2.98. The summed E-state index contributed by atoms with van der Waals surface area (Å²) in [5.41, 5.74) is 13.6. The molecule has 0 unspecified atom stereocenters. The summed E-state index contributed by atoms with van der Waals surface area (Å²) in [6, 6.07) is 28.2. The molecular weight excluding hydrogens is 438 g/mol. The number of nitrogens with two attached hydrogens (primary N) is 2. The minimum absolute atomic E-state index is 0.00716. The number of carbonyl (C=O) groups is 2. The Morgan fingerprint density at radius 2 is 1.37 bits per heavy atom. The molecule has 5 N–H and O–H groups in total. The molecule has 0 aliphatic carbocycles. The normalized spacial score (nSPS) is 11.5. The molecular formula is C28H33N5O2. The molecule has 1 atom stereocenters. The lowest BCUT2D eigenvalue weighted by molar-refractivity contribution is -0.139. The van der Waals surface area contributed by atoms with Crippen LogP contribution >= 0.6 is 0 Å². The average Bonchev–Trinajstić information content (AvgIpc) is 2.89. The van der Waals surface area contributed by atoms with E-state index in [1.807, 2.05) is 91.0 Å². The zero-order valence-electron chi connectivity index (χ0n) is 20.0. The molecule has 0 fully saturated rings. The maximum atomic E-state index is 13.9. The van der Waals surface area contributed by atoms with Crippen LogP contribution in [0.5, 0.6) is 0 Å². The van der Waals surface area contributed by atoms with E-state index in [1.54, 1.807) is 11.9 Å². The van der Waals surface area contributed by atoms with Crippen LogP contribution in [0.4, 0.5) is 0 Å². The average molecular weight is 472 g/mol. The number of benzene rings is 3. The van der Waals surface area contributed by atoms with Crippen molar-refractivity contribution < 1.29 is 9.59 Å². The second-order valence-corrected chi connectivity index (χ2v) is 8.37. The molecule has 0 saturated carbocycles. The Hall–Kier alpha value is -4.13. The van der Waals surface area contributed by atoms with E-state index < -0.39 is 12.0 Å². The van der Waals surface area contributed by atoms with Crippen molar-refractivity contribution in [1.82, 2.24) is 10.2 Å². The van der Waals surface area contributed by atoms with E-state index in [-0.39, 0.29) is 17.8 Å². The summed E-state index contributed by atoms with van der Waals surface area (Å²) in [7, 11) is 1.69. The van der Waals surface area contributed by atoms with Gasteiger partial charge >= 0.3 is 0 Å². The van der Waals surface area contributed by atoms with Gasteiger partial charge in [0.1, 0.15) is 6.04 Å². The minimum atomic E-state index is -0.671. The summed E-state index contributed by atoms with van der Waals surface area (Å²) in [4.78, 5) is 32.8. The quantitative estimate of drug-likeness (QED) is 0.227. The number of aliphatic imine (C=N–C) groups is 1. The first-order valence-electron chi connectivity index (χ1n) is 11.7. The fourth-order valence-corrected chi connectivity index (χ4v) is 4.02. The van der Waals surface area contributed by atoms with Crippen molar-refractivity contribution >= 4 is 17.8 Å². The molecule has 3 aromatic carbocycles. The monoisotopic (exact) mass is 471 g/mol. The SMILES string of the molecule is CN(C(=O)C(c1ccccc1)c1ccccc1)[C@@H](CCCN=C(N)N)C(=O)NCc1ccccc1. The smallest absolute Gasteiger partial charge is 0.243 e. The van der Waals surface area contributed by atoms with E-state index in [9.17, 15) is 9.59 Å². The lowest BCUT2D eigenvalue weighted by Gasteiger charge is -2.31. The zero-order valence-corrected chi connectivity index (χ0v) is 20.0. The lowest BCUT2D eigenvalue weighted by atomic mass is 9.89. The van der Waals surface area contributed by atoms with Crippen molar-refractivity contribution in [2.24, 2.45) is 16.5 Å². The largest absolute Gasteiger partial charge is 0.370 e. The van der Waals surface area contributed by atoms with Gasteiger partial charge in [0.2, 0.25) is 11.8 Å². The molecule has 0 saturated heterocycles. The zero-order chi connectivity index (χ0) is 25.0. The van der Waals surface area contributed by atoms with Crippen LogP contribution in [0.2, 0.25) is 0 Å². The Bertz CT molecular complexity index is 1060. The number of hydrogen-bond donors (Lipinski definition) is 3. The third kappa shape index (κ3) is 7.43. The fourth-order valence-electron chi connectivity index (χ4n) is 4.02. The van der Waals surface area contributed by atoms with Crippen LogP contribution in [0, 0.1) is 0 Å². The first-order chi connectivity index (χ1) is 17.0. The number of rotatable bonds is 11. The van der Waals surface area contributed by atoms with Crippen LogP contribution in [0.3, 0.4) is 0 Å². The number of amides is 2. The molecule has 0 radical (unpaired) electrons. The molecule has 0 aliphatic heterocycles. The first-order valence-corrected chi connectivity index (χ1v) is 11.7. The van der Waals surface area contributed by atoms with Gasteiger partial charge in [-0.3, -0.25) is 14.6 Å². The summed E-state index contributed by atoms with van der Waals surface area (Å²) < 4.78 is 0. The Kier molecular flexibility index (Phi) is 9.42. The fraction of sp³-hybridized carbons (Fsp3) is 0.250. The molecule has 0 aromatic heterocycles. The highest BCUT2D eigenvalue weighted by molar-refractivity contribution is 5.92. The lowest BCUT2D eigenvalue weighted by Crippen LogP contribution is -2.49. The number of hydrogen-bond acceptors (Lipinski definition) is 3. The van der Waals surface area contributed by atoms with Crippen LogP contribution in [0.1, 0.15) is 35.4 Å². The molecule has 0 heterocycles. The van der Waals surface area contributed by atoms with Gasteiger partial charge in [-0.05, 0) is 29.5 Å². The molecule has 0 spiro atoms. The van der Waals surface area contributed by atoms with Crippen LogP contribution in [-0.2, 0) is 16.1 Å². The maximum Gasteiger partial charge on any atom is 0.243 e. The number of nitrogens with one attached hydrogen (secondary N) is 1. The van der Waals surface area contributed by atoms with Crippen LogP contribution in [-0.4, -0.2) is 42.3 Å². The van der Waals surface area contributed by atoms with Gasteiger partial charge in [0, 0.05) is 20.1 Å². The third-order valence-electron chi connectivity index (χ3n) is 5.87. The standard InChI is InChI=1S/C28H33N5O2/c1-33(27(35)25(22-14-7-3-8-15-22)23-16-9-4-10-17-23)24(18-11-19-31-28(29)30)26(34)32-20-21-12-5-2-6-13-21/h2-10,12-17,24-25H,11,18-20H2,1H3,(H,32,34)(H4,29,30,31)/t24-/m0/s1. The van der Waals surface area contributed by atoms with Crippen LogP contribution < -0.4 is 16.8 Å². The minimum Gasteiger partial charge on any atom is -0.370 e. The molecule has 182 valence electrons. The van der Waals surface area contributed by atoms with Crippen molar-refractivity contribution in [3.8, 4) is 0 Å². The van der Waals surface area contributed by atoms with Gasteiger partial charge in [-0.2, -0.15) is 0 Å². The Morgan fingerprint density at radius 3 is 1.89 bits per heavy atom. The predicted octanol–water partition coefficient (Wildman–Crippen LogP) is 3.02. The van der Waals surface area contributed by atoms with Gasteiger partial charge in [0.25, 0.3) is 0 Å². The van der Waals surface area contributed by atoms with Crippen molar-refractivity contribution in [3.63, 3.8) is 0 Å². The number of carbonyl (C=O) groups excluding carboxylic acids is 2. The summed E-state index contributed by atoms with van der Waals surface area (Å²) in [5.74, 6) is -0.879. The van der Waals surface area contributed by atoms with Crippen molar-refractivity contribution in [2.75, 3.05) is 13.6 Å². The highest BCUT2D eigenvalue weighted by Crippen LogP contribution is 2.27. The molecule has 0 bridgehead atoms. The Morgan fingerprint density at radius 1 is 0.857 bits per heavy atom. The second kappa shape index (κ2) is 12.9. The number of likely N-dealkylation sites (N-methyl/N-ethyl adjacent to an activating group) is 1. The first kappa shape index (κ1) is 25.5. The van der Waals surface area contributed by atoms with Crippen LogP contribution in [0.15, 0.2) is 96.0 Å². The van der Waals surface area contributed by atoms with Gasteiger partial charge in [-0.15, -0.1) is 0 Å². The highest BCUT2D eigenvalue weighted by Gasteiger charge is 2.32. The third-order valence-corrected chi connectivity index (χ3v) is 5.87. The van der Waals surface area contributed by atoms with Gasteiger partial charge in [-0.1, -0.05) is 91.0 Å². The Labute approximate surface area is 206 Å². The van der Waals surface area contributed by atoms with E-state index >= 15 is 0 Å². The number of nitrogens with zero attached hydrogens (tertiary/aromatic N) is 2. The van der Waals surface area contributed by atoms with E-state index in [4.69, 9.17) is 11.5 Å². The van der Waals surface area contributed by atoms with Gasteiger partial charge in [0.05, 0.1) is 5.92 Å². The summed E-state index contributed by atoms with van der Waals surface area (Å²) in [6.45, 7) is 0.764. The molecule has 3 aromatic rings. The molecule has 7 nitrogen and oxygen atoms in total. The van der Waals surface area contributed by atoms with E-state index in [0.29, 0.717) is 25.9 Å². The molecule has 35 heavy (non-hydrogen) atoms. The van der Waals surface area contributed by atoms with Crippen molar-refractivity contribution in [1.29, 1.82) is 0 Å². The molecule has 2 amide bonds. The number of guanidine groups is 1. The molecule has 0 aliphatic rings. The van der Waals surface area contributed by atoms with Crippen molar-refractivity contribution in [2.45, 2.75) is 31.3 Å². The van der Waals surface area contributed by atoms with Crippen molar-refractivity contribution in [3.05, 3.63) is 108 Å². The van der Waals surface area contributed by atoms with Gasteiger partial charge in [0.15, 0.2) is 5.96 Å². The topological polar surface area (TPSA) is 114 Å². The molecule has 3 rings (SSSR count). The summed E-state index contributed by atoms with van der Waals surface area (Å²) in [6.07, 6.45) is 0.982. The second-order valence-electron chi connectivity index (χ2n) is 8.37. The van der Waals surface area contributed by atoms with E-state index in [2.05, 4.69) is 10.3 Å². The molecule has 7 heteroatoms. The van der Waals surface area contributed by atoms with Crippen LogP contribution in [0.25, 0.3) is 0 Å². The van der Waals surface area contributed by atoms with E-state index in [1.165, 1.54) is 0 Å². The van der Waals surface area contributed by atoms with Gasteiger partial charge in [-0.25, -0.2) is 0 Å². The predicted molar refractivity (Wildman–Crippen MR) is 139 cm³/mol. The maximum absolute atomic E-state index is 13.9. The highest BCUT2D eigenvalue weighted by atomic mass is 16.2. The van der Waals surface area contributed by atoms with Gasteiger partial charge < -0.3 is 21.7 Å².